The van der Waals surface area contributed by atoms with Crippen LogP contribution >= 0.6 is 0 Å². The summed E-state index contributed by atoms with van der Waals surface area (Å²) in [5.41, 5.74) is 0.485. The zero-order valence-electron chi connectivity index (χ0n) is 13.0. The standard InChI is InChI=1S/C16H23NO5/c1-11(13-4-3-8-21-13)17-16(19)12-5-6-14(20-2)15(10-12)22-9-7-18/h5-6,10-11,13,18H,3-4,7-9H2,1-2H3,(H,17,19). The van der Waals surface area contributed by atoms with Gasteiger partial charge >= 0.3 is 0 Å². The third-order valence-corrected chi connectivity index (χ3v) is 3.66. The number of carbonyl (C=O) groups excluding carboxylic acids is 1. The predicted molar refractivity (Wildman–Crippen MR) is 81.5 cm³/mol. The minimum Gasteiger partial charge on any atom is -0.493 e. The van der Waals surface area contributed by atoms with Crippen molar-refractivity contribution in [2.45, 2.75) is 31.9 Å². The molecule has 0 bridgehead atoms. The highest BCUT2D eigenvalue weighted by molar-refractivity contribution is 5.95. The lowest BCUT2D eigenvalue weighted by atomic mass is 10.1. The van der Waals surface area contributed by atoms with Gasteiger partial charge in [0.15, 0.2) is 11.5 Å². The number of aliphatic hydroxyl groups excluding tert-OH is 1. The van der Waals surface area contributed by atoms with Gasteiger partial charge < -0.3 is 24.6 Å². The second-order valence-corrected chi connectivity index (χ2v) is 5.25. The van der Waals surface area contributed by atoms with Crippen LogP contribution < -0.4 is 14.8 Å². The molecule has 0 spiro atoms. The molecule has 2 atom stereocenters. The number of carbonyl (C=O) groups is 1. The summed E-state index contributed by atoms with van der Waals surface area (Å²) in [6, 6.07) is 4.94. The zero-order valence-corrected chi connectivity index (χ0v) is 13.0. The summed E-state index contributed by atoms with van der Waals surface area (Å²) in [6.07, 6.45) is 2.08. The van der Waals surface area contributed by atoms with E-state index in [2.05, 4.69) is 5.32 Å². The zero-order chi connectivity index (χ0) is 15.9. The van der Waals surface area contributed by atoms with Crippen molar-refractivity contribution >= 4 is 5.91 Å². The van der Waals surface area contributed by atoms with Crippen LogP contribution in [0.3, 0.4) is 0 Å². The molecule has 1 aromatic carbocycles. The van der Waals surface area contributed by atoms with Crippen LogP contribution in [0.2, 0.25) is 0 Å². The van der Waals surface area contributed by atoms with Gasteiger partial charge in [-0.2, -0.15) is 0 Å². The van der Waals surface area contributed by atoms with Crippen LogP contribution in [-0.2, 0) is 4.74 Å². The molecular weight excluding hydrogens is 286 g/mol. The molecule has 6 nitrogen and oxygen atoms in total. The number of methoxy groups -OCH3 is 1. The number of rotatable bonds is 7. The Morgan fingerprint density at radius 1 is 1.50 bits per heavy atom. The number of aliphatic hydroxyl groups is 1. The number of hydrogen-bond donors (Lipinski definition) is 2. The van der Waals surface area contributed by atoms with Crippen LogP contribution in [0.5, 0.6) is 11.5 Å². The van der Waals surface area contributed by atoms with Crippen LogP contribution in [0, 0.1) is 0 Å². The maximum Gasteiger partial charge on any atom is 0.251 e. The fourth-order valence-electron chi connectivity index (χ4n) is 2.47. The fraction of sp³-hybridized carbons (Fsp3) is 0.562. The molecule has 1 fully saturated rings. The van der Waals surface area contributed by atoms with E-state index in [0.29, 0.717) is 17.1 Å². The van der Waals surface area contributed by atoms with E-state index in [0.717, 1.165) is 19.4 Å². The van der Waals surface area contributed by atoms with E-state index in [1.165, 1.54) is 7.11 Å². The topological polar surface area (TPSA) is 77.0 Å². The van der Waals surface area contributed by atoms with E-state index in [1.807, 2.05) is 6.92 Å². The maximum absolute atomic E-state index is 12.3. The summed E-state index contributed by atoms with van der Waals surface area (Å²) in [5.74, 6) is 0.783. The molecule has 0 radical (unpaired) electrons. The second kappa shape index (κ2) is 8.00. The van der Waals surface area contributed by atoms with Crippen molar-refractivity contribution in [3.05, 3.63) is 23.8 Å². The molecule has 1 aliphatic rings. The number of hydrogen-bond acceptors (Lipinski definition) is 5. The van der Waals surface area contributed by atoms with E-state index in [9.17, 15) is 4.79 Å². The summed E-state index contributed by atoms with van der Waals surface area (Å²) in [6.45, 7) is 2.75. The SMILES string of the molecule is COc1ccc(C(=O)NC(C)C2CCCO2)cc1OCCO. The first-order chi connectivity index (χ1) is 10.7. The summed E-state index contributed by atoms with van der Waals surface area (Å²) in [4.78, 5) is 12.3. The van der Waals surface area contributed by atoms with Gasteiger partial charge in [0, 0.05) is 12.2 Å². The third-order valence-electron chi connectivity index (χ3n) is 3.66. The van der Waals surface area contributed by atoms with E-state index in [-0.39, 0.29) is 31.3 Å². The molecule has 2 unspecified atom stereocenters. The highest BCUT2D eigenvalue weighted by Crippen LogP contribution is 2.28. The molecule has 22 heavy (non-hydrogen) atoms. The van der Waals surface area contributed by atoms with Gasteiger partial charge in [-0.25, -0.2) is 0 Å². The molecule has 0 aromatic heterocycles. The molecule has 0 aliphatic carbocycles. The van der Waals surface area contributed by atoms with E-state index in [1.54, 1.807) is 18.2 Å². The Labute approximate surface area is 130 Å². The van der Waals surface area contributed by atoms with Gasteiger partial charge in [-0.3, -0.25) is 4.79 Å². The monoisotopic (exact) mass is 309 g/mol. The van der Waals surface area contributed by atoms with Crippen molar-refractivity contribution in [2.24, 2.45) is 0 Å². The fourth-order valence-corrected chi connectivity index (χ4v) is 2.47. The summed E-state index contributed by atoms with van der Waals surface area (Å²) < 4.78 is 16.2. The average Bonchev–Trinajstić information content (AvgIpc) is 3.07. The molecule has 1 aromatic rings. The Morgan fingerprint density at radius 2 is 2.32 bits per heavy atom. The molecule has 6 heteroatoms. The van der Waals surface area contributed by atoms with Gasteiger partial charge in [0.2, 0.25) is 0 Å². The average molecular weight is 309 g/mol. The van der Waals surface area contributed by atoms with Gasteiger partial charge in [-0.15, -0.1) is 0 Å². The van der Waals surface area contributed by atoms with Gasteiger partial charge in [-0.1, -0.05) is 0 Å². The van der Waals surface area contributed by atoms with Gasteiger partial charge in [0.05, 0.1) is 25.9 Å². The van der Waals surface area contributed by atoms with Crippen LogP contribution in [-0.4, -0.2) is 50.1 Å². The van der Waals surface area contributed by atoms with E-state index < -0.39 is 0 Å². The van der Waals surface area contributed by atoms with Crippen LogP contribution in [0.1, 0.15) is 30.1 Å². The Morgan fingerprint density at radius 3 is 2.95 bits per heavy atom. The molecule has 1 heterocycles. The third kappa shape index (κ3) is 4.11. The summed E-state index contributed by atoms with van der Waals surface area (Å²) in [5, 5.41) is 11.8. The molecular formula is C16H23NO5. The minimum atomic E-state index is -0.181. The number of benzene rings is 1. The number of nitrogens with one attached hydrogen (secondary N) is 1. The number of ether oxygens (including phenoxy) is 3. The van der Waals surface area contributed by atoms with Crippen molar-refractivity contribution in [1.29, 1.82) is 0 Å². The first-order valence-corrected chi connectivity index (χ1v) is 7.50. The Balaban J connectivity index is 2.04. The van der Waals surface area contributed by atoms with Crippen molar-refractivity contribution in [3.8, 4) is 11.5 Å². The molecule has 2 rings (SSSR count). The Hall–Kier alpha value is -1.79. The van der Waals surface area contributed by atoms with Crippen molar-refractivity contribution in [3.63, 3.8) is 0 Å². The molecule has 2 N–H and O–H groups in total. The quantitative estimate of drug-likeness (QED) is 0.795. The maximum atomic E-state index is 12.3. The lowest BCUT2D eigenvalue weighted by Crippen LogP contribution is -2.40. The van der Waals surface area contributed by atoms with Crippen LogP contribution in [0.25, 0.3) is 0 Å². The Kier molecular flexibility index (Phi) is 6.03. The normalized spacial score (nSPS) is 18.8. The van der Waals surface area contributed by atoms with Gasteiger partial charge in [-0.05, 0) is 38.0 Å². The lowest BCUT2D eigenvalue weighted by Gasteiger charge is -2.20. The molecule has 1 aliphatic heterocycles. The van der Waals surface area contributed by atoms with Crippen molar-refractivity contribution in [2.75, 3.05) is 26.9 Å². The van der Waals surface area contributed by atoms with Crippen LogP contribution in [0.4, 0.5) is 0 Å². The largest absolute Gasteiger partial charge is 0.493 e. The Bertz CT molecular complexity index is 499. The molecule has 122 valence electrons. The predicted octanol–water partition coefficient (Wildman–Crippen LogP) is 1.36. The molecule has 0 saturated carbocycles. The number of amides is 1. The minimum absolute atomic E-state index is 0.0427. The first kappa shape index (κ1) is 16.6. The van der Waals surface area contributed by atoms with Crippen LogP contribution in [0.15, 0.2) is 18.2 Å². The second-order valence-electron chi connectivity index (χ2n) is 5.25. The highest BCUT2D eigenvalue weighted by atomic mass is 16.5. The molecule has 1 amide bonds. The van der Waals surface area contributed by atoms with Gasteiger partial charge in [0.1, 0.15) is 6.61 Å². The lowest BCUT2D eigenvalue weighted by molar-refractivity contribution is 0.0712. The van der Waals surface area contributed by atoms with E-state index in [4.69, 9.17) is 19.3 Å². The summed E-state index contributed by atoms with van der Waals surface area (Å²) >= 11 is 0. The summed E-state index contributed by atoms with van der Waals surface area (Å²) in [7, 11) is 1.53. The van der Waals surface area contributed by atoms with Crippen molar-refractivity contribution < 1.29 is 24.1 Å². The van der Waals surface area contributed by atoms with E-state index >= 15 is 0 Å². The van der Waals surface area contributed by atoms with Gasteiger partial charge in [0.25, 0.3) is 5.91 Å². The smallest absolute Gasteiger partial charge is 0.251 e. The van der Waals surface area contributed by atoms with Crippen molar-refractivity contribution in [1.82, 2.24) is 5.32 Å². The molecule has 1 saturated heterocycles. The first-order valence-electron chi connectivity index (χ1n) is 7.50. The highest BCUT2D eigenvalue weighted by Gasteiger charge is 2.24.